The smallest absolute Gasteiger partial charge is 0.261 e. The van der Waals surface area contributed by atoms with Gasteiger partial charge in [0.05, 0.1) is 22.9 Å². The van der Waals surface area contributed by atoms with Gasteiger partial charge in [0.15, 0.2) is 11.6 Å². The number of aromatic nitrogens is 3. The van der Waals surface area contributed by atoms with Gasteiger partial charge in [0.25, 0.3) is 5.56 Å². The highest BCUT2D eigenvalue weighted by atomic mass is 32.2. The summed E-state index contributed by atoms with van der Waals surface area (Å²) in [4.78, 5) is 12.6. The number of fused-ring (bicyclic) bond motifs is 1. The summed E-state index contributed by atoms with van der Waals surface area (Å²) in [7, 11) is -0.341. The Hall–Kier alpha value is -3.73. The molecule has 0 saturated heterocycles. The lowest BCUT2D eigenvalue weighted by Crippen LogP contribution is -2.17. The molecule has 33 heavy (non-hydrogen) atoms. The molecule has 0 radical (unpaired) electrons. The van der Waals surface area contributed by atoms with E-state index in [4.69, 9.17) is 4.74 Å². The second-order valence-corrected chi connectivity index (χ2v) is 9.39. The van der Waals surface area contributed by atoms with Crippen LogP contribution in [0.25, 0.3) is 22.0 Å². The minimum Gasteiger partial charge on any atom is -0.454 e. The lowest BCUT2D eigenvalue weighted by Gasteiger charge is -2.16. The highest BCUT2D eigenvalue weighted by molar-refractivity contribution is 7.92. The molecular formula is C22H20F2N4O4S. The summed E-state index contributed by atoms with van der Waals surface area (Å²) in [6, 6.07) is 7.38. The lowest BCUT2D eigenvalue weighted by molar-refractivity contribution is 0.439. The van der Waals surface area contributed by atoms with Crippen molar-refractivity contribution < 1.29 is 21.9 Å². The molecule has 0 atom stereocenters. The number of ether oxygens (including phenoxy) is 1. The zero-order valence-corrected chi connectivity index (χ0v) is 18.8. The number of aryl methyl sites for hydroxylation is 2. The van der Waals surface area contributed by atoms with Gasteiger partial charge in [-0.05, 0) is 37.3 Å². The molecule has 2 heterocycles. The number of halogens is 2. The number of benzene rings is 2. The molecule has 0 unspecified atom stereocenters. The van der Waals surface area contributed by atoms with E-state index in [1.807, 2.05) is 0 Å². The van der Waals surface area contributed by atoms with Gasteiger partial charge in [-0.25, -0.2) is 17.2 Å². The maximum Gasteiger partial charge on any atom is 0.261 e. The third-order valence-corrected chi connectivity index (χ3v) is 6.41. The van der Waals surface area contributed by atoms with E-state index in [0.29, 0.717) is 28.1 Å². The molecule has 0 aliphatic carbocycles. The highest BCUT2D eigenvalue weighted by Gasteiger charge is 2.19. The van der Waals surface area contributed by atoms with Gasteiger partial charge >= 0.3 is 0 Å². The number of nitrogens with zero attached hydrogens (tertiary/aromatic N) is 3. The molecule has 0 aliphatic heterocycles. The van der Waals surface area contributed by atoms with Crippen molar-refractivity contribution in [2.24, 2.45) is 14.1 Å². The normalized spacial score (nSPS) is 11.7. The van der Waals surface area contributed by atoms with E-state index in [-0.39, 0.29) is 28.5 Å². The Balaban J connectivity index is 1.96. The van der Waals surface area contributed by atoms with Gasteiger partial charge in [0.2, 0.25) is 10.0 Å². The van der Waals surface area contributed by atoms with Crippen LogP contribution in [0.1, 0.15) is 6.92 Å². The van der Waals surface area contributed by atoms with Crippen LogP contribution in [-0.4, -0.2) is 28.5 Å². The summed E-state index contributed by atoms with van der Waals surface area (Å²) in [5.74, 6) is -1.83. The Bertz CT molecular complexity index is 1540. The summed E-state index contributed by atoms with van der Waals surface area (Å²) in [6.45, 7) is 1.50. The maximum absolute atomic E-state index is 14.3. The van der Waals surface area contributed by atoms with Crippen molar-refractivity contribution in [3.63, 3.8) is 0 Å². The van der Waals surface area contributed by atoms with Gasteiger partial charge in [-0.2, -0.15) is 5.10 Å². The molecule has 11 heteroatoms. The van der Waals surface area contributed by atoms with Crippen molar-refractivity contribution in [2.45, 2.75) is 6.92 Å². The largest absolute Gasteiger partial charge is 0.454 e. The van der Waals surface area contributed by atoms with Crippen molar-refractivity contribution in [1.29, 1.82) is 0 Å². The predicted octanol–water partition coefficient (Wildman–Crippen LogP) is 3.77. The van der Waals surface area contributed by atoms with Crippen LogP contribution in [0, 0.1) is 11.6 Å². The summed E-state index contributed by atoms with van der Waals surface area (Å²) in [5, 5.41) is 4.51. The van der Waals surface area contributed by atoms with Crippen molar-refractivity contribution in [3.05, 3.63) is 70.8 Å². The molecule has 0 amide bonds. The fourth-order valence-electron chi connectivity index (χ4n) is 3.44. The number of pyridine rings is 1. The Labute approximate surface area is 188 Å². The SMILES string of the molecule is CCS(=O)(=O)Nc1ccc(Oc2ccc(F)cc2F)c(-c2cn(C)c(=O)c3cnn(C)c23)c1. The van der Waals surface area contributed by atoms with Crippen LogP contribution in [-0.2, 0) is 24.1 Å². The quantitative estimate of drug-likeness (QED) is 0.459. The molecule has 8 nitrogen and oxygen atoms in total. The Morgan fingerprint density at radius 3 is 2.48 bits per heavy atom. The first-order chi connectivity index (χ1) is 15.6. The molecule has 1 N–H and O–H groups in total. The molecule has 4 aromatic rings. The van der Waals surface area contributed by atoms with E-state index in [0.717, 1.165) is 12.1 Å². The summed E-state index contributed by atoms with van der Waals surface area (Å²) < 4.78 is 62.9. The molecule has 172 valence electrons. The molecule has 2 aromatic carbocycles. The first kappa shape index (κ1) is 22.5. The Morgan fingerprint density at radius 1 is 1.06 bits per heavy atom. The zero-order chi connectivity index (χ0) is 23.9. The van der Waals surface area contributed by atoms with Crippen LogP contribution in [0.2, 0.25) is 0 Å². The molecule has 0 bridgehead atoms. The van der Waals surface area contributed by atoms with Gasteiger partial charge in [-0.3, -0.25) is 14.2 Å². The average molecular weight is 474 g/mol. The Kier molecular flexibility index (Phi) is 5.66. The second-order valence-electron chi connectivity index (χ2n) is 7.38. The monoisotopic (exact) mass is 474 g/mol. The molecule has 0 saturated carbocycles. The van der Waals surface area contributed by atoms with Crippen LogP contribution in [0.4, 0.5) is 14.5 Å². The van der Waals surface area contributed by atoms with Crippen LogP contribution in [0.5, 0.6) is 11.5 Å². The van der Waals surface area contributed by atoms with Gasteiger partial charge in [-0.15, -0.1) is 0 Å². The van der Waals surface area contributed by atoms with Crippen molar-refractivity contribution >= 4 is 26.6 Å². The zero-order valence-electron chi connectivity index (χ0n) is 18.0. The van der Waals surface area contributed by atoms with Gasteiger partial charge in [-0.1, -0.05) is 0 Å². The number of nitrogens with one attached hydrogen (secondary N) is 1. The first-order valence-electron chi connectivity index (χ1n) is 9.89. The minimum absolute atomic E-state index is 0.132. The van der Waals surface area contributed by atoms with Crippen molar-refractivity contribution in [3.8, 4) is 22.6 Å². The van der Waals surface area contributed by atoms with Crippen LogP contribution >= 0.6 is 0 Å². The molecule has 4 rings (SSSR count). The third kappa shape index (κ3) is 4.31. The Morgan fingerprint density at radius 2 is 1.79 bits per heavy atom. The summed E-state index contributed by atoms with van der Waals surface area (Å²) in [6.07, 6.45) is 3.00. The molecule has 0 fully saturated rings. The molecule has 0 aliphatic rings. The van der Waals surface area contributed by atoms with E-state index < -0.39 is 21.7 Å². The number of hydrogen-bond acceptors (Lipinski definition) is 5. The second kappa shape index (κ2) is 8.32. The minimum atomic E-state index is -3.57. The lowest BCUT2D eigenvalue weighted by atomic mass is 10.0. The van der Waals surface area contributed by atoms with E-state index >= 15 is 0 Å². The van der Waals surface area contributed by atoms with E-state index in [9.17, 15) is 22.0 Å². The van der Waals surface area contributed by atoms with Gasteiger partial charge in [0, 0.05) is 43.2 Å². The average Bonchev–Trinajstić information content (AvgIpc) is 3.15. The highest BCUT2D eigenvalue weighted by Crippen LogP contribution is 2.39. The summed E-state index contributed by atoms with van der Waals surface area (Å²) >= 11 is 0. The first-order valence-corrected chi connectivity index (χ1v) is 11.5. The summed E-state index contributed by atoms with van der Waals surface area (Å²) in [5.41, 5.74) is 1.35. The predicted molar refractivity (Wildman–Crippen MR) is 121 cm³/mol. The van der Waals surface area contributed by atoms with Gasteiger partial charge in [0.1, 0.15) is 11.6 Å². The maximum atomic E-state index is 14.3. The van der Waals surface area contributed by atoms with Crippen LogP contribution < -0.4 is 15.0 Å². The molecule has 0 spiro atoms. The van der Waals surface area contributed by atoms with E-state index in [1.54, 1.807) is 20.3 Å². The molecular weight excluding hydrogens is 454 g/mol. The fourth-order valence-corrected chi connectivity index (χ4v) is 4.07. The van der Waals surface area contributed by atoms with Crippen molar-refractivity contribution in [2.75, 3.05) is 10.5 Å². The number of rotatable bonds is 6. The third-order valence-electron chi connectivity index (χ3n) is 5.10. The van der Waals surface area contributed by atoms with Crippen LogP contribution in [0.3, 0.4) is 0 Å². The number of hydrogen-bond donors (Lipinski definition) is 1. The van der Waals surface area contributed by atoms with E-state index in [1.165, 1.54) is 40.6 Å². The fraction of sp³-hybridized carbons (Fsp3) is 0.182. The van der Waals surface area contributed by atoms with Crippen LogP contribution in [0.15, 0.2) is 53.6 Å². The standard InChI is InChI=1S/C22H20F2N4O4S/c1-4-33(30,31)26-14-6-8-19(32-20-7-5-13(23)9-18(20)24)15(10-14)17-12-27(2)22(29)16-11-25-28(3)21(16)17/h5-12,26H,4H2,1-3H3. The number of anilines is 1. The molecule has 2 aromatic heterocycles. The number of sulfonamides is 1. The van der Waals surface area contributed by atoms with E-state index in [2.05, 4.69) is 9.82 Å². The van der Waals surface area contributed by atoms with Gasteiger partial charge < -0.3 is 9.30 Å². The van der Waals surface area contributed by atoms with Crippen molar-refractivity contribution in [1.82, 2.24) is 14.3 Å². The topological polar surface area (TPSA) is 95.2 Å².